The van der Waals surface area contributed by atoms with Crippen LogP contribution in [0.3, 0.4) is 0 Å². The first-order valence-electron chi connectivity index (χ1n) is 5.35. The molecular weight excluding hydrogens is 208 g/mol. The van der Waals surface area contributed by atoms with Crippen LogP contribution >= 0.6 is 0 Å². The lowest BCUT2D eigenvalue weighted by Crippen LogP contribution is -2.30. The third-order valence-corrected chi connectivity index (χ3v) is 2.23. The van der Waals surface area contributed by atoms with Crippen LogP contribution in [0.5, 0.6) is 0 Å². The summed E-state index contributed by atoms with van der Waals surface area (Å²) in [6, 6.07) is 0. The highest BCUT2D eigenvalue weighted by Crippen LogP contribution is 2.28. The summed E-state index contributed by atoms with van der Waals surface area (Å²) in [5.41, 5.74) is -0.0690. The fourth-order valence-corrected chi connectivity index (χ4v) is 1.64. The standard InChI is InChI=1S/C12H18O4/c1-7-6-9(13)15-8(2)10(7)11(14)16-12(3,4)5/h7H,6H2,1-5H3/t7-/m1/s1. The third kappa shape index (κ3) is 3.08. The number of allylic oxidation sites excluding steroid dienone is 1. The molecule has 0 saturated heterocycles. The van der Waals surface area contributed by atoms with E-state index >= 15 is 0 Å². The largest absolute Gasteiger partial charge is 0.457 e. The zero-order valence-corrected chi connectivity index (χ0v) is 10.4. The lowest BCUT2D eigenvalue weighted by Gasteiger charge is -2.26. The zero-order valence-electron chi connectivity index (χ0n) is 10.4. The van der Waals surface area contributed by atoms with Crippen molar-refractivity contribution in [3.63, 3.8) is 0 Å². The van der Waals surface area contributed by atoms with Crippen LogP contribution in [0.25, 0.3) is 0 Å². The SMILES string of the molecule is CC1=C(C(=O)OC(C)(C)C)[C@H](C)CC(=O)O1. The maximum atomic E-state index is 11.9. The highest BCUT2D eigenvalue weighted by molar-refractivity contribution is 5.92. The van der Waals surface area contributed by atoms with Crippen LogP contribution in [0.4, 0.5) is 0 Å². The summed E-state index contributed by atoms with van der Waals surface area (Å²) < 4.78 is 10.2. The van der Waals surface area contributed by atoms with E-state index in [-0.39, 0.29) is 18.3 Å². The van der Waals surface area contributed by atoms with Crippen LogP contribution in [0, 0.1) is 5.92 Å². The molecule has 1 rings (SSSR count). The van der Waals surface area contributed by atoms with Gasteiger partial charge in [-0.25, -0.2) is 4.79 Å². The number of rotatable bonds is 1. The molecule has 90 valence electrons. The second-order valence-electron chi connectivity index (χ2n) is 5.05. The number of esters is 2. The summed E-state index contributed by atoms with van der Waals surface area (Å²) in [5, 5.41) is 0. The normalized spacial score (nSPS) is 21.8. The summed E-state index contributed by atoms with van der Waals surface area (Å²) in [6.07, 6.45) is 0.228. The van der Waals surface area contributed by atoms with Gasteiger partial charge in [-0.2, -0.15) is 0 Å². The first kappa shape index (κ1) is 12.7. The Bertz CT molecular complexity index is 347. The number of hydrogen-bond acceptors (Lipinski definition) is 4. The lowest BCUT2D eigenvalue weighted by molar-refractivity contribution is -0.152. The van der Waals surface area contributed by atoms with E-state index in [9.17, 15) is 9.59 Å². The maximum absolute atomic E-state index is 11.9. The number of ether oxygens (including phenoxy) is 2. The van der Waals surface area contributed by atoms with Gasteiger partial charge < -0.3 is 9.47 Å². The first-order chi connectivity index (χ1) is 7.20. The second kappa shape index (κ2) is 4.28. The molecule has 1 aliphatic heterocycles. The summed E-state index contributed by atoms with van der Waals surface area (Å²) in [6.45, 7) is 8.86. The molecule has 4 nitrogen and oxygen atoms in total. The van der Waals surface area contributed by atoms with Crippen LogP contribution in [-0.2, 0) is 19.1 Å². The predicted octanol–water partition coefficient (Wildman–Crippen LogP) is 2.19. The van der Waals surface area contributed by atoms with Gasteiger partial charge in [0.15, 0.2) is 0 Å². The molecular formula is C12H18O4. The average molecular weight is 226 g/mol. The minimum absolute atomic E-state index is 0.143. The van der Waals surface area contributed by atoms with E-state index < -0.39 is 11.6 Å². The van der Waals surface area contributed by atoms with Crippen molar-refractivity contribution < 1.29 is 19.1 Å². The van der Waals surface area contributed by atoms with Crippen molar-refractivity contribution in [2.45, 2.75) is 46.6 Å². The molecule has 0 unspecified atom stereocenters. The van der Waals surface area contributed by atoms with E-state index in [1.807, 2.05) is 6.92 Å². The van der Waals surface area contributed by atoms with E-state index in [2.05, 4.69) is 0 Å². The Kier molecular flexibility index (Phi) is 3.41. The summed E-state index contributed by atoms with van der Waals surface area (Å²) in [7, 11) is 0. The van der Waals surface area contributed by atoms with Gasteiger partial charge in [-0.1, -0.05) is 6.92 Å². The van der Waals surface area contributed by atoms with Gasteiger partial charge in [0.25, 0.3) is 0 Å². The molecule has 0 saturated carbocycles. The van der Waals surface area contributed by atoms with E-state index in [4.69, 9.17) is 9.47 Å². The van der Waals surface area contributed by atoms with Crippen molar-refractivity contribution >= 4 is 11.9 Å². The molecule has 0 aliphatic carbocycles. The molecule has 0 aromatic rings. The van der Waals surface area contributed by atoms with Crippen molar-refractivity contribution in [1.82, 2.24) is 0 Å². The second-order valence-corrected chi connectivity index (χ2v) is 5.05. The van der Waals surface area contributed by atoms with Gasteiger partial charge >= 0.3 is 11.9 Å². The Morgan fingerprint density at radius 3 is 2.44 bits per heavy atom. The Labute approximate surface area is 95.6 Å². The maximum Gasteiger partial charge on any atom is 0.338 e. The molecule has 16 heavy (non-hydrogen) atoms. The monoisotopic (exact) mass is 226 g/mol. The fourth-order valence-electron chi connectivity index (χ4n) is 1.64. The molecule has 0 radical (unpaired) electrons. The molecule has 1 atom stereocenters. The molecule has 0 fully saturated rings. The topological polar surface area (TPSA) is 52.6 Å². The number of carbonyl (C=O) groups is 2. The quantitative estimate of drug-likeness (QED) is 0.643. The van der Waals surface area contributed by atoms with Crippen molar-refractivity contribution in [2.24, 2.45) is 5.92 Å². The Morgan fingerprint density at radius 2 is 2.00 bits per heavy atom. The summed E-state index contributed by atoms with van der Waals surface area (Å²) in [4.78, 5) is 23.0. The minimum atomic E-state index is -0.536. The molecule has 4 heteroatoms. The molecule has 0 aromatic heterocycles. The fraction of sp³-hybridized carbons (Fsp3) is 0.667. The van der Waals surface area contributed by atoms with Gasteiger partial charge in [0.1, 0.15) is 11.4 Å². The van der Waals surface area contributed by atoms with E-state index in [1.165, 1.54) is 0 Å². The van der Waals surface area contributed by atoms with Gasteiger partial charge in [-0.3, -0.25) is 4.79 Å². The summed E-state index contributed by atoms with van der Waals surface area (Å²) in [5.74, 6) is -0.476. The molecule has 0 N–H and O–H groups in total. The molecule has 0 bridgehead atoms. The number of carbonyl (C=O) groups excluding carboxylic acids is 2. The van der Waals surface area contributed by atoms with Crippen molar-refractivity contribution in [2.75, 3.05) is 0 Å². The van der Waals surface area contributed by atoms with Gasteiger partial charge in [0.05, 0.1) is 12.0 Å². The Balaban J connectivity index is 2.90. The zero-order chi connectivity index (χ0) is 12.5. The van der Waals surface area contributed by atoms with Gasteiger partial charge in [-0.05, 0) is 27.7 Å². The predicted molar refractivity (Wildman–Crippen MR) is 58.4 cm³/mol. The van der Waals surface area contributed by atoms with Crippen molar-refractivity contribution in [3.8, 4) is 0 Å². The summed E-state index contributed by atoms with van der Waals surface area (Å²) >= 11 is 0. The molecule has 1 aliphatic rings. The smallest absolute Gasteiger partial charge is 0.338 e. The van der Waals surface area contributed by atoms with Crippen LogP contribution in [-0.4, -0.2) is 17.5 Å². The number of cyclic esters (lactones) is 1. The van der Waals surface area contributed by atoms with Crippen LogP contribution in [0.2, 0.25) is 0 Å². The van der Waals surface area contributed by atoms with Crippen molar-refractivity contribution in [3.05, 3.63) is 11.3 Å². The Hall–Kier alpha value is -1.32. The molecule has 0 spiro atoms. The molecule has 0 amide bonds. The molecule has 0 aromatic carbocycles. The first-order valence-corrected chi connectivity index (χ1v) is 5.35. The van der Waals surface area contributed by atoms with Crippen LogP contribution in [0.15, 0.2) is 11.3 Å². The van der Waals surface area contributed by atoms with Crippen LogP contribution in [0.1, 0.15) is 41.0 Å². The van der Waals surface area contributed by atoms with E-state index in [1.54, 1.807) is 27.7 Å². The lowest BCUT2D eigenvalue weighted by atomic mass is 9.94. The number of hydrogen-bond donors (Lipinski definition) is 0. The van der Waals surface area contributed by atoms with E-state index in [0.29, 0.717) is 11.3 Å². The minimum Gasteiger partial charge on any atom is -0.457 e. The van der Waals surface area contributed by atoms with Gasteiger partial charge in [-0.15, -0.1) is 0 Å². The third-order valence-electron chi connectivity index (χ3n) is 2.23. The average Bonchev–Trinajstić information content (AvgIpc) is 1.96. The highest BCUT2D eigenvalue weighted by atomic mass is 16.6. The Morgan fingerprint density at radius 1 is 1.44 bits per heavy atom. The molecule has 1 heterocycles. The van der Waals surface area contributed by atoms with Crippen LogP contribution < -0.4 is 0 Å². The van der Waals surface area contributed by atoms with Gasteiger partial charge in [0.2, 0.25) is 0 Å². The highest BCUT2D eigenvalue weighted by Gasteiger charge is 2.32. The van der Waals surface area contributed by atoms with Crippen molar-refractivity contribution in [1.29, 1.82) is 0 Å². The van der Waals surface area contributed by atoms with Gasteiger partial charge in [0, 0.05) is 5.92 Å². The van der Waals surface area contributed by atoms with E-state index in [0.717, 1.165) is 0 Å².